The molecule has 2 aromatic carbocycles. The van der Waals surface area contributed by atoms with Crippen LogP contribution in [0.3, 0.4) is 0 Å². The summed E-state index contributed by atoms with van der Waals surface area (Å²) in [5.41, 5.74) is 0.128. The molecule has 0 N–H and O–H groups in total. The van der Waals surface area contributed by atoms with Gasteiger partial charge >= 0.3 is 11.9 Å². The van der Waals surface area contributed by atoms with E-state index in [0.29, 0.717) is 5.75 Å². The van der Waals surface area contributed by atoms with Crippen LogP contribution < -0.4 is 9.47 Å². The average Bonchev–Trinajstić information content (AvgIpc) is 2.54. The fraction of sp³-hybridized carbons (Fsp3) is 0.125. The molecule has 0 aliphatic carbocycles. The van der Waals surface area contributed by atoms with Crippen molar-refractivity contribution in [2.75, 3.05) is 0 Å². The normalized spacial score (nSPS) is 9.88. The molecule has 0 bridgehead atoms. The highest BCUT2D eigenvalue weighted by Gasteiger charge is 2.20. The number of rotatable bonds is 6. The van der Waals surface area contributed by atoms with Gasteiger partial charge in [-0.05, 0) is 18.2 Å². The van der Waals surface area contributed by atoms with Crippen molar-refractivity contribution in [3.05, 3.63) is 69.8 Å². The predicted octanol–water partition coefficient (Wildman–Crippen LogP) is 2.54. The third kappa shape index (κ3) is 4.54. The summed E-state index contributed by atoms with van der Waals surface area (Å²) in [6.45, 7) is 0.680. The van der Waals surface area contributed by atoms with Gasteiger partial charge in [0, 0.05) is 12.5 Å². The fourth-order valence-electron chi connectivity index (χ4n) is 1.90. The monoisotopic (exact) mass is 331 g/mol. The van der Waals surface area contributed by atoms with Gasteiger partial charge in [0.15, 0.2) is 5.75 Å². The number of carbonyl (C=O) groups excluding carboxylic acids is 2. The van der Waals surface area contributed by atoms with Crippen LogP contribution in [0.15, 0.2) is 48.5 Å². The first kappa shape index (κ1) is 16.9. The molecule has 8 heteroatoms. The van der Waals surface area contributed by atoms with Crippen molar-refractivity contribution in [2.24, 2.45) is 0 Å². The van der Waals surface area contributed by atoms with Crippen LogP contribution in [0.1, 0.15) is 22.8 Å². The summed E-state index contributed by atoms with van der Waals surface area (Å²) in [6, 6.07) is 12.6. The molecule has 0 saturated heterocycles. The summed E-state index contributed by atoms with van der Waals surface area (Å²) in [5.74, 6) is -1.27. The third-order valence-corrected chi connectivity index (χ3v) is 2.84. The minimum atomic E-state index is -0.980. The first-order valence-corrected chi connectivity index (χ1v) is 6.82. The Kier molecular flexibility index (Phi) is 5.45. The lowest BCUT2D eigenvalue weighted by atomic mass is 10.1. The second kappa shape index (κ2) is 7.73. The first-order chi connectivity index (χ1) is 11.5. The van der Waals surface area contributed by atoms with Gasteiger partial charge in [0.2, 0.25) is 0 Å². The van der Waals surface area contributed by atoms with Crippen LogP contribution in [-0.2, 0) is 16.2 Å². The summed E-state index contributed by atoms with van der Waals surface area (Å²) in [5, 5.41) is 9.37. The average molecular weight is 331 g/mol. The molecule has 0 unspecified atom stereocenters. The Morgan fingerprint density at radius 3 is 2.38 bits per heavy atom. The maximum Gasteiger partial charge on any atom is 0.347 e. The molecule has 0 fully saturated rings. The molecule has 0 aliphatic rings. The van der Waals surface area contributed by atoms with Gasteiger partial charge in [-0.1, -0.05) is 30.3 Å². The molecule has 0 saturated carbocycles. The molecule has 0 spiro atoms. The molecule has 0 atom stereocenters. The number of hydrogen-bond acceptors (Lipinski definition) is 7. The lowest BCUT2D eigenvalue weighted by Crippen LogP contribution is -2.15. The fourth-order valence-corrected chi connectivity index (χ4v) is 1.90. The zero-order chi connectivity index (χ0) is 17.5. The summed E-state index contributed by atoms with van der Waals surface area (Å²) >= 11 is 0. The Morgan fingerprint density at radius 2 is 1.75 bits per heavy atom. The molecule has 0 amide bonds. The number of esters is 2. The van der Waals surface area contributed by atoms with Crippen LogP contribution in [0, 0.1) is 10.1 Å². The van der Waals surface area contributed by atoms with Crippen molar-refractivity contribution in [1.29, 1.82) is 0 Å². The molecule has 8 nitrogen and oxygen atoms in total. The van der Waals surface area contributed by atoms with Crippen molar-refractivity contribution >= 4 is 11.9 Å². The highest BCUT2D eigenvalue weighted by Crippen LogP contribution is 2.27. The lowest BCUT2D eigenvalue weighted by Gasteiger charge is -2.13. The Balaban J connectivity index is 2.33. The third-order valence-electron chi connectivity index (χ3n) is 2.84. The Labute approximate surface area is 136 Å². The lowest BCUT2D eigenvalue weighted by molar-refractivity contribution is -0.763. The van der Waals surface area contributed by atoms with Gasteiger partial charge in [0.05, 0.1) is 0 Å². The van der Waals surface area contributed by atoms with E-state index in [1.807, 2.05) is 0 Å². The van der Waals surface area contributed by atoms with Crippen LogP contribution in [0.4, 0.5) is 0 Å². The molecule has 2 rings (SSSR count). The van der Waals surface area contributed by atoms with E-state index in [-0.39, 0.29) is 16.9 Å². The van der Waals surface area contributed by atoms with Crippen molar-refractivity contribution in [3.8, 4) is 11.5 Å². The van der Waals surface area contributed by atoms with E-state index in [9.17, 15) is 19.7 Å². The molecular weight excluding hydrogens is 318 g/mol. The predicted molar refractivity (Wildman–Crippen MR) is 80.9 cm³/mol. The summed E-state index contributed by atoms with van der Waals surface area (Å²) in [7, 11) is 0. The number of nitrogens with zero attached hydrogens (tertiary/aromatic N) is 1. The van der Waals surface area contributed by atoms with Gasteiger partial charge in [-0.3, -0.25) is 4.79 Å². The van der Waals surface area contributed by atoms with Gasteiger partial charge in [-0.15, -0.1) is 10.1 Å². The van der Waals surface area contributed by atoms with Crippen LogP contribution in [0.25, 0.3) is 0 Å². The SMILES string of the molecule is CC(=O)Oc1c(CO[N+](=O)[O-])cccc1C(=O)Oc1ccccc1. The molecule has 24 heavy (non-hydrogen) atoms. The second-order valence-electron chi connectivity index (χ2n) is 4.59. The van der Waals surface area contributed by atoms with Crippen LogP contribution in [0.5, 0.6) is 11.5 Å². The van der Waals surface area contributed by atoms with Gasteiger partial charge < -0.3 is 14.3 Å². The van der Waals surface area contributed by atoms with E-state index >= 15 is 0 Å². The molecule has 0 aliphatic heterocycles. The number of carbonyl (C=O) groups is 2. The zero-order valence-electron chi connectivity index (χ0n) is 12.6. The molecule has 0 heterocycles. The molecular formula is C16H13NO7. The van der Waals surface area contributed by atoms with Crippen LogP contribution >= 0.6 is 0 Å². The standard InChI is InChI=1S/C16H13NO7/c1-11(18)23-15-12(10-22-17(20)21)6-5-9-14(15)16(19)24-13-7-3-2-4-8-13/h2-9H,10H2,1H3. The van der Waals surface area contributed by atoms with Crippen molar-refractivity contribution in [2.45, 2.75) is 13.5 Å². The highest BCUT2D eigenvalue weighted by atomic mass is 16.9. The summed E-state index contributed by atoms with van der Waals surface area (Å²) < 4.78 is 10.2. The molecule has 124 valence electrons. The van der Waals surface area contributed by atoms with Crippen molar-refractivity contribution in [3.63, 3.8) is 0 Å². The maximum absolute atomic E-state index is 12.3. The quantitative estimate of drug-likeness (QED) is 0.346. The van der Waals surface area contributed by atoms with E-state index in [0.717, 1.165) is 6.92 Å². The number of benzene rings is 2. The van der Waals surface area contributed by atoms with Crippen LogP contribution in [0.2, 0.25) is 0 Å². The minimum Gasteiger partial charge on any atom is -0.425 e. The van der Waals surface area contributed by atoms with E-state index in [1.54, 1.807) is 30.3 Å². The van der Waals surface area contributed by atoms with Crippen LogP contribution in [-0.4, -0.2) is 17.0 Å². The van der Waals surface area contributed by atoms with E-state index in [2.05, 4.69) is 4.84 Å². The van der Waals surface area contributed by atoms with Gasteiger partial charge in [0.25, 0.3) is 5.09 Å². The Morgan fingerprint density at radius 1 is 1.04 bits per heavy atom. The van der Waals surface area contributed by atoms with Gasteiger partial charge in [0.1, 0.15) is 17.9 Å². The Bertz CT molecular complexity index is 758. The Hall–Kier alpha value is -3.42. The van der Waals surface area contributed by atoms with E-state index in [1.165, 1.54) is 18.2 Å². The molecule has 0 aromatic heterocycles. The topological polar surface area (TPSA) is 105 Å². The van der Waals surface area contributed by atoms with E-state index < -0.39 is 23.6 Å². The zero-order valence-corrected chi connectivity index (χ0v) is 12.6. The maximum atomic E-state index is 12.3. The molecule has 2 aromatic rings. The van der Waals surface area contributed by atoms with Gasteiger partial charge in [-0.2, -0.15) is 0 Å². The highest BCUT2D eigenvalue weighted by molar-refractivity contribution is 5.95. The molecule has 0 radical (unpaired) electrons. The first-order valence-electron chi connectivity index (χ1n) is 6.82. The minimum absolute atomic E-state index is 0.0431. The summed E-state index contributed by atoms with van der Waals surface area (Å²) in [4.78, 5) is 38.2. The number of hydrogen-bond donors (Lipinski definition) is 0. The summed E-state index contributed by atoms with van der Waals surface area (Å²) in [6.07, 6.45) is 0. The largest absolute Gasteiger partial charge is 0.425 e. The van der Waals surface area contributed by atoms with Crippen molar-refractivity contribution < 1.29 is 29.0 Å². The van der Waals surface area contributed by atoms with Gasteiger partial charge in [-0.25, -0.2) is 4.79 Å². The number of ether oxygens (including phenoxy) is 2. The van der Waals surface area contributed by atoms with Crippen molar-refractivity contribution in [1.82, 2.24) is 0 Å². The second-order valence-corrected chi connectivity index (χ2v) is 4.59. The number of para-hydroxylation sites is 2. The van der Waals surface area contributed by atoms with E-state index in [4.69, 9.17) is 9.47 Å². The smallest absolute Gasteiger partial charge is 0.347 e.